The van der Waals surface area contributed by atoms with E-state index in [-0.39, 0.29) is 18.6 Å². The molecule has 0 saturated carbocycles. The van der Waals surface area contributed by atoms with Crippen LogP contribution in [0.15, 0.2) is 0 Å². The molecular formula is C11H18O5. The van der Waals surface area contributed by atoms with Crippen molar-refractivity contribution in [3.05, 3.63) is 0 Å². The lowest BCUT2D eigenvalue weighted by atomic mass is 9.92. The van der Waals surface area contributed by atoms with Crippen LogP contribution in [-0.4, -0.2) is 31.9 Å². The molecule has 0 aromatic rings. The van der Waals surface area contributed by atoms with Crippen LogP contribution >= 0.6 is 0 Å². The molecule has 16 heavy (non-hydrogen) atoms. The van der Waals surface area contributed by atoms with Gasteiger partial charge in [0.25, 0.3) is 0 Å². The van der Waals surface area contributed by atoms with E-state index in [4.69, 9.17) is 4.74 Å². The van der Waals surface area contributed by atoms with Crippen molar-refractivity contribution in [2.75, 3.05) is 19.8 Å². The van der Waals surface area contributed by atoms with Crippen molar-refractivity contribution in [2.45, 2.75) is 27.7 Å². The Labute approximate surface area is 95.0 Å². The molecule has 0 N–H and O–H groups in total. The van der Waals surface area contributed by atoms with Gasteiger partial charge in [0, 0.05) is 0 Å². The van der Waals surface area contributed by atoms with Gasteiger partial charge >= 0.3 is 12.1 Å². The van der Waals surface area contributed by atoms with E-state index in [9.17, 15) is 9.59 Å². The van der Waals surface area contributed by atoms with Crippen molar-refractivity contribution in [2.24, 2.45) is 10.8 Å². The molecule has 5 heteroatoms. The van der Waals surface area contributed by atoms with E-state index >= 15 is 0 Å². The zero-order valence-electron chi connectivity index (χ0n) is 10.2. The molecule has 1 rings (SSSR count). The van der Waals surface area contributed by atoms with Crippen LogP contribution in [0.5, 0.6) is 0 Å². The fraction of sp³-hybridized carbons (Fsp3) is 0.818. The highest BCUT2D eigenvalue weighted by molar-refractivity contribution is 5.78. The molecule has 0 aromatic heterocycles. The maximum absolute atomic E-state index is 11.8. The molecule has 0 amide bonds. The van der Waals surface area contributed by atoms with E-state index < -0.39 is 17.5 Å². The lowest BCUT2D eigenvalue weighted by Crippen LogP contribution is -2.44. The van der Waals surface area contributed by atoms with Crippen molar-refractivity contribution >= 4 is 12.1 Å². The zero-order chi connectivity index (χ0) is 12.4. The number of carbonyl (C=O) groups excluding carboxylic acids is 2. The summed E-state index contributed by atoms with van der Waals surface area (Å²) < 4.78 is 14.5. The van der Waals surface area contributed by atoms with E-state index in [1.54, 1.807) is 6.92 Å². The summed E-state index contributed by atoms with van der Waals surface area (Å²) in [7, 11) is 0. The van der Waals surface area contributed by atoms with Crippen LogP contribution < -0.4 is 0 Å². The van der Waals surface area contributed by atoms with E-state index in [2.05, 4.69) is 9.47 Å². The largest absolute Gasteiger partial charge is 0.508 e. The third-order valence-electron chi connectivity index (χ3n) is 2.15. The first kappa shape index (κ1) is 12.8. The molecule has 0 unspecified atom stereocenters. The van der Waals surface area contributed by atoms with Crippen molar-refractivity contribution in [3.8, 4) is 0 Å². The molecule has 0 aliphatic carbocycles. The Balaban J connectivity index is 2.50. The van der Waals surface area contributed by atoms with Gasteiger partial charge in [-0.1, -0.05) is 20.8 Å². The molecule has 1 heterocycles. The minimum atomic E-state index is -0.890. The Bertz CT molecular complexity index is 279. The number of cyclic esters (lactones) is 2. The van der Waals surface area contributed by atoms with Gasteiger partial charge in [-0.3, -0.25) is 4.79 Å². The van der Waals surface area contributed by atoms with Crippen molar-refractivity contribution < 1.29 is 23.8 Å². The summed E-state index contributed by atoms with van der Waals surface area (Å²) in [5.74, 6) is -0.394. The molecule has 0 bridgehead atoms. The van der Waals surface area contributed by atoms with Gasteiger partial charge in [-0.15, -0.1) is 0 Å². The van der Waals surface area contributed by atoms with Gasteiger partial charge < -0.3 is 14.2 Å². The van der Waals surface area contributed by atoms with Gasteiger partial charge in [-0.25, -0.2) is 4.79 Å². The third kappa shape index (κ3) is 3.40. The highest BCUT2D eigenvalue weighted by Gasteiger charge is 2.42. The van der Waals surface area contributed by atoms with E-state index in [0.717, 1.165) is 0 Å². The van der Waals surface area contributed by atoms with Crippen LogP contribution in [0.4, 0.5) is 4.79 Å². The van der Waals surface area contributed by atoms with Crippen molar-refractivity contribution in [1.82, 2.24) is 0 Å². The van der Waals surface area contributed by atoms with Crippen LogP contribution in [0.1, 0.15) is 27.7 Å². The fourth-order valence-electron chi connectivity index (χ4n) is 1.09. The van der Waals surface area contributed by atoms with Gasteiger partial charge in [0.05, 0.1) is 6.61 Å². The summed E-state index contributed by atoms with van der Waals surface area (Å²) in [6.07, 6.45) is -0.735. The van der Waals surface area contributed by atoms with Crippen LogP contribution in [-0.2, 0) is 19.0 Å². The minimum Gasteiger partial charge on any atom is -0.465 e. The lowest BCUT2D eigenvalue weighted by molar-refractivity contribution is -0.168. The molecular weight excluding hydrogens is 212 g/mol. The standard InChI is InChI=1S/C11H18O5/c1-10(2,3)5-14-8(12)11(4)6-15-9(13)16-7-11/h5-7H2,1-4H3. The highest BCUT2D eigenvalue weighted by Crippen LogP contribution is 2.25. The van der Waals surface area contributed by atoms with Crippen LogP contribution in [0.3, 0.4) is 0 Å². The highest BCUT2D eigenvalue weighted by atomic mass is 16.7. The molecule has 1 aliphatic heterocycles. The van der Waals surface area contributed by atoms with Gasteiger partial charge in [0.2, 0.25) is 0 Å². The first-order valence-corrected chi connectivity index (χ1v) is 5.20. The second kappa shape index (κ2) is 4.31. The third-order valence-corrected chi connectivity index (χ3v) is 2.15. The molecule has 92 valence electrons. The first-order chi connectivity index (χ1) is 7.23. The van der Waals surface area contributed by atoms with Gasteiger partial charge in [0.15, 0.2) is 0 Å². The second-order valence-electron chi connectivity index (χ2n) is 5.52. The summed E-state index contributed by atoms with van der Waals surface area (Å²) in [5.41, 5.74) is -0.975. The Morgan fingerprint density at radius 2 is 1.88 bits per heavy atom. The second-order valence-corrected chi connectivity index (χ2v) is 5.52. The first-order valence-electron chi connectivity index (χ1n) is 5.20. The summed E-state index contributed by atoms with van der Waals surface area (Å²) in [6, 6.07) is 0. The molecule has 0 aromatic carbocycles. The topological polar surface area (TPSA) is 61.8 Å². The van der Waals surface area contributed by atoms with E-state index in [0.29, 0.717) is 6.61 Å². The Kier molecular flexibility index (Phi) is 3.45. The monoisotopic (exact) mass is 230 g/mol. The molecule has 0 atom stereocenters. The molecule has 1 aliphatic rings. The van der Waals surface area contributed by atoms with Gasteiger partial charge in [0.1, 0.15) is 18.6 Å². The predicted molar refractivity (Wildman–Crippen MR) is 55.8 cm³/mol. The zero-order valence-corrected chi connectivity index (χ0v) is 10.2. The number of esters is 1. The summed E-state index contributed by atoms with van der Waals surface area (Å²) in [4.78, 5) is 22.5. The number of hydrogen-bond acceptors (Lipinski definition) is 5. The number of carbonyl (C=O) groups is 2. The number of hydrogen-bond donors (Lipinski definition) is 0. The Morgan fingerprint density at radius 3 is 2.31 bits per heavy atom. The normalized spacial score (nSPS) is 19.6. The fourth-order valence-corrected chi connectivity index (χ4v) is 1.09. The molecule has 5 nitrogen and oxygen atoms in total. The van der Waals surface area contributed by atoms with Crippen molar-refractivity contribution in [3.63, 3.8) is 0 Å². The minimum absolute atomic E-state index is 0.00874. The number of rotatable bonds is 2. The maximum Gasteiger partial charge on any atom is 0.508 e. The summed E-state index contributed by atoms with van der Waals surface area (Å²) >= 11 is 0. The average molecular weight is 230 g/mol. The van der Waals surface area contributed by atoms with Crippen LogP contribution in [0, 0.1) is 10.8 Å². The Morgan fingerprint density at radius 1 is 1.38 bits per heavy atom. The molecule has 0 spiro atoms. The maximum atomic E-state index is 11.8. The van der Waals surface area contributed by atoms with E-state index in [1.165, 1.54) is 0 Å². The van der Waals surface area contributed by atoms with Crippen molar-refractivity contribution in [1.29, 1.82) is 0 Å². The molecule has 0 radical (unpaired) electrons. The SMILES string of the molecule is CC(C)(C)COC(=O)C1(C)COC(=O)OC1. The van der Waals surface area contributed by atoms with Gasteiger partial charge in [-0.2, -0.15) is 0 Å². The summed E-state index contributed by atoms with van der Waals surface area (Å²) in [6.45, 7) is 7.92. The smallest absolute Gasteiger partial charge is 0.465 e. The quantitative estimate of drug-likeness (QED) is 0.676. The predicted octanol–water partition coefficient (Wildman–Crippen LogP) is 1.75. The molecule has 1 fully saturated rings. The van der Waals surface area contributed by atoms with Crippen LogP contribution in [0.2, 0.25) is 0 Å². The Hall–Kier alpha value is -1.26. The molecule has 1 saturated heterocycles. The lowest BCUT2D eigenvalue weighted by Gasteiger charge is -2.31. The summed E-state index contributed by atoms with van der Waals surface area (Å²) in [5, 5.41) is 0. The van der Waals surface area contributed by atoms with Crippen LogP contribution in [0.25, 0.3) is 0 Å². The number of ether oxygens (including phenoxy) is 3. The average Bonchev–Trinajstić information content (AvgIpc) is 2.18. The van der Waals surface area contributed by atoms with Gasteiger partial charge in [-0.05, 0) is 12.3 Å². The van der Waals surface area contributed by atoms with E-state index in [1.807, 2.05) is 20.8 Å².